The molecule has 1 rings (SSSR count). The monoisotopic (exact) mass is 256 g/mol. The highest BCUT2D eigenvalue weighted by atomic mass is 35.5. The van der Waals surface area contributed by atoms with Crippen LogP contribution in [0.25, 0.3) is 0 Å². The Morgan fingerprint density at radius 3 is 2.65 bits per heavy atom. The standard InChI is InChI=1S/C13H17ClO3/c1-4-17-12(15)7-11-6-10(8-14)5-9(2)13(11)16-3/h5-6H,4,7-8H2,1-3H3. The predicted molar refractivity (Wildman–Crippen MR) is 67.6 cm³/mol. The lowest BCUT2D eigenvalue weighted by Gasteiger charge is -2.12. The van der Waals surface area contributed by atoms with Crippen molar-refractivity contribution in [1.82, 2.24) is 0 Å². The first-order chi connectivity index (χ1) is 8.12. The lowest BCUT2D eigenvalue weighted by Crippen LogP contribution is -2.09. The number of ether oxygens (including phenoxy) is 2. The molecule has 0 amide bonds. The van der Waals surface area contributed by atoms with Gasteiger partial charge in [0.25, 0.3) is 0 Å². The van der Waals surface area contributed by atoms with E-state index in [4.69, 9.17) is 21.1 Å². The minimum atomic E-state index is -0.253. The third kappa shape index (κ3) is 3.63. The SMILES string of the molecule is CCOC(=O)Cc1cc(CCl)cc(C)c1OC. The number of methoxy groups -OCH3 is 1. The van der Waals surface area contributed by atoms with Crippen LogP contribution >= 0.6 is 11.6 Å². The van der Waals surface area contributed by atoms with Gasteiger partial charge in [-0.25, -0.2) is 0 Å². The minimum absolute atomic E-state index is 0.211. The molecule has 0 saturated carbocycles. The van der Waals surface area contributed by atoms with E-state index in [0.717, 1.165) is 22.4 Å². The van der Waals surface area contributed by atoms with Crippen molar-refractivity contribution in [3.05, 3.63) is 28.8 Å². The molecule has 0 atom stereocenters. The zero-order chi connectivity index (χ0) is 12.8. The molecule has 0 aliphatic heterocycles. The first-order valence-corrected chi connectivity index (χ1v) is 6.03. The van der Waals surface area contributed by atoms with Crippen LogP contribution in [0, 0.1) is 6.92 Å². The van der Waals surface area contributed by atoms with E-state index >= 15 is 0 Å². The number of aryl methyl sites for hydroxylation is 1. The van der Waals surface area contributed by atoms with Crippen LogP contribution < -0.4 is 4.74 Å². The molecule has 0 aliphatic rings. The van der Waals surface area contributed by atoms with Crippen LogP contribution in [0.3, 0.4) is 0 Å². The minimum Gasteiger partial charge on any atom is -0.496 e. The van der Waals surface area contributed by atoms with Gasteiger partial charge in [0.1, 0.15) is 5.75 Å². The van der Waals surface area contributed by atoms with E-state index in [-0.39, 0.29) is 12.4 Å². The van der Waals surface area contributed by atoms with Crippen LogP contribution in [-0.4, -0.2) is 19.7 Å². The Morgan fingerprint density at radius 2 is 2.12 bits per heavy atom. The molecule has 0 radical (unpaired) electrons. The summed E-state index contributed by atoms with van der Waals surface area (Å²) in [6.07, 6.45) is 0.211. The zero-order valence-electron chi connectivity index (χ0n) is 10.4. The molecule has 1 aromatic carbocycles. The summed E-state index contributed by atoms with van der Waals surface area (Å²) in [5.74, 6) is 0.893. The Bertz CT molecular complexity index is 402. The smallest absolute Gasteiger partial charge is 0.310 e. The van der Waals surface area contributed by atoms with Crippen LogP contribution in [0.5, 0.6) is 5.75 Å². The third-order valence-corrected chi connectivity index (χ3v) is 2.72. The fourth-order valence-corrected chi connectivity index (χ4v) is 1.95. The Morgan fingerprint density at radius 1 is 1.41 bits per heavy atom. The van der Waals surface area contributed by atoms with Crippen molar-refractivity contribution in [2.45, 2.75) is 26.1 Å². The molecular formula is C13H17ClO3. The number of hydrogen-bond acceptors (Lipinski definition) is 3. The number of esters is 1. The lowest BCUT2D eigenvalue weighted by atomic mass is 10.0. The maximum Gasteiger partial charge on any atom is 0.310 e. The molecule has 0 N–H and O–H groups in total. The molecule has 0 saturated heterocycles. The van der Waals surface area contributed by atoms with E-state index in [1.54, 1.807) is 14.0 Å². The van der Waals surface area contributed by atoms with Crippen LogP contribution in [0.1, 0.15) is 23.6 Å². The number of carbonyl (C=O) groups excluding carboxylic acids is 1. The van der Waals surface area contributed by atoms with E-state index in [1.165, 1.54) is 0 Å². The van der Waals surface area contributed by atoms with Crippen LogP contribution in [0.15, 0.2) is 12.1 Å². The zero-order valence-corrected chi connectivity index (χ0v) is 11.1. The summed E-state index contributed by atoms with van der Waals surface area (Å²) in [6, 6.07) is 3.84. The van der Waals surface area contributed by atoms with Crippen molar-refractivity contribution in [3.63, 3.8) is 0 Å². The summed E-state index contributed by atoms with van der Waals surface area (Å²) < 4.78 is 10.2. The highest BCUT2D eigenvalue weighted by molar-refractivity contribution is 6.17. The molecule has 0 aromatic heterocycles. The van der Waals surface area contributed by atoms with Gasteiger partial charge in [-0.15, -0.1) is 11.6 Å². The highest BCUT2D eigenvalue weighted by Gasteiger charge is 2.13. The largest absolute Gasteiger partial charge is 0.496 e. The van der Waals surface area contributed by atoms with Gasteiger partial charge >= 0.3 is 5.97 Å². The topological polar surface area (TPSA) is 35.5 Å². The number of alkyl halides is 1. The molecule has 0 fully saturated rings. The molecule has 3 nitrogen and oxygen atoms in total. The molecule has 0 spiro atoms. The van der Waals surface area contributed by atoms with Gasteiger partial charge in [0.2, 0.25) is 0 Å². The van der Waals surface area contributed by atoms with Crippen LogP contribution in [-0.2, 0) is 21.8 Å². The Balaban J connectivity index is 3.02. The first kappa shape index (κ1) is 13.8. The number of carbonyl (C=O) groups is 1. The Hall–Kier alpha value is -1.22. The predicted octanol–water partition coefficient (Wildman–Crippen LogP) is 2.85. The molecule has 94 valence electrons. The van der Waals surface area contributed by atoms with Gasteiger partial charge in [0.15, 0.2) is 0 Å². The van der Waals surface area contributed by atoms with Crippen LogP contribution in [0.2, 0.25) is 0 Å². The van der Waals surface area contributed by atoms with Crippen molar-refractivity contribution >= 4 is 17.6 Å². The second kappa shape index (κ2) is 6.50. The van der Waals surface area contributed by atoms with Crippen molar-refractivity contribution in [2.24, 2.45) is 0 Å². The number of rotatable bonds is 5. The number of benzene rings is 1. The second-order valence-corrected chi connectivity index (χ2v) is 3.99. The van der Waals surface area contributed by atoms with Crippen molar-refractivity contribution in [2.75, 3.05) is 13.7 Å². The highest BCUT2D eigenvalue weighted by Crippen LogP contribution is 2.26. The summed E-state index contributed by atoms with van der Waals surface area (Å²) in [6.45, 7) is 4.11. The maximum absolute atomic E-state index is 11.5. The first-order valence-electron chi connectivity index (χ1n) is 5.50. The molecule has 0 heterocycles. The fraction of sp³-hybridized carbons (Fsp3) is 0.462. The van der Waals surface area contributed by atoms with Crippen molar-refractivity contribution < 1.29 is 14.3 Å². The third-order valence-electron chi connectivity index (χ3n) is 2.41. The average molecular weight is 257 g/mol. The summed E-state index contributed by atoms with van der Waals surface area (Å²) in [4.78, 5) is 11.5. The molecular weight excluding hydrogens is 240 g/mol. The molecule has 17 heavy (non-hydrogen) atoms. The van der Waals surface area contributed by atoms with Crippen LogP contribution in [0.4, 0.5) is 0 Å². The second-order valence-electron chi connectivity index (χ2n) is 3.72. The fourth-order valence-electron chi connectivity index (χ4n) is 1.80. The van der Waals surface area contributed by atoms with Gasteiger partial charge < -0.3 is 9.47 Å². The summed E-state index contributed by atoms with van der Waals surface area (Å²) >= 11 is 5.81. The summed E-state index contributed by atoms with van der Waals surface area (Å²) in [5.41, 5.74) is 2.77. The van der Waals surface area contributed by atoms with E-state index in [9.17, 15) is 4.79 Å². The quantitative estimate of drug-likeness (QED) is 0.600. The van der Waals surface area contributed by atoms with E-state index in [1.807, 2.05) is 19.1 Å². The van der Waals surface area contributed by atoms with Gasteiger partial charge in [-0.3, -0.25) is 4.79 Å². The summed E-state index contributed by atoms with van der Waals surface area (Å²) in [5, 5.41) is 0. The number of halogens is 1. The van der Waals surface area contributed by atoms with Gasteiger partial charge in [-0.05, 0) is 25.0 Å². The van der Waals surface area contributed by atoms with Gasteiger partial charge in [0.05, 0.1) is 20.1 Å². The van der Waals surface area contributed by atoms with E-state index in [2.05, 4.69) is 0 Å². The summed E-state index contributed by atoms with van der Waals surface area (Å²) in [7, 11) is 1.59. The molecule has 0 unspecified atom stereocenters. The Kier molecular flexibility index (Phi) is 5.29. The number of hydrogen-bond donors (Lipinski definition) is 0. The Labute approximate surface area is 107 Å². The normalized spacial score (nSPS) is 10.1. The van der Waals surface area contributed by atoms with E-state index in [0.29, 0.717) is 12.5 Å². The molecule has 0 bridgehead atoms. The van der Waals surface area contributed by atoms with E-state index < -0.39 is 0 Å². The van der Waals surface area contributed by atoms with Gasteiger partial charge in [-0.1, -0.05) is 12.1 Å². The van der Waals surface area contributed by atoms with Crippen molar-refractivity contribution in [1.29, 1.82) is 0 Å². The van der Waals surface area contributed by atoms with Crippen molar-refractivity contribution in [3.8, 4) is 5.75 Å². The molecule has 0 aliphatic carbocycles. The van der Waals surface area contributed by atoms with Gasteiger partial charge in [-0.2, -0.15) is 0 Å². The van der Waals surface area contributed by atoms with Gasteiger partial charge in [0, 0.05) is 11.4 Å². The molecule has 1 aromatic rings. The molecule has 4 heteroatoms. The maximum atomic E-state index is 11.5. The average Bonchev–Trinajstić information content (AvgIpc) is 2.28. The lowest BCUT2D eigenvalue weighted by molar-refractivity contribution is -0.142.